The molecule has 108 valence electrons. The third-order valence-electron chi connectivity index (χ3n) is 3.23. The summed E-state index contributed by atoms with van der Waals surface area (Å²) >= 11 is 1.20. The van der Waals surface area contributed by atoms with E-state index in [1.165, 1.54) is 11.8 Å². The number of hydrogen-bond acceptors (Lipinski definition) is 5. The van der Waals surface area contributed by atoms with Crippen LogP contribution in [-0.4, -0.2) is 44.7 Å². The summed E-state index contributed by atoms with van der Waals surface area (Å²) in [5.41, 5.74) is 0. The molecule has 19 heavy (non-hydrogen) atoms. The van der Waals surface area contributed by atoms with E-state index in [2.05, 4.69) is 35.9 Å². The van der Waals surface area contributed by atoms with Gasteiger partial charge in [0.05, 0.1) is 5.75 Å². The van der Waals surface area contributed by atoms with Crippen LogP contribution in [0.15, 0.2) is 5.16 Å². The Balaban J connectivity index is 2.93. The summed E-state index contributed by atoms with van der Waals surface area (Å²) in [6.45, 7) is 9.19. The normalized spacial score (nSPS) is 12.7. The molecule has 1 aromatic heterocycles. The molecule has 1 atom stereocenters. The highest BCUT2D eigenvalue weighted by molar-refractivity contribution is 7.99. The van der Waals surface area contributed by atoms with Gasteiger partial charge in [0.1, 0.15) is 0 Å². The molecular weight excluding hydrogens is 264 g/mol. The van der Waals surface area contributed by atoms with Crippen LogP contribution in [0.4, 0.5) is 5.95 Å². The molecule has 0 saturated heterocycles. The van der Waals surface area contributed by atoms with Crippen molar-refractivity contribution in [2.75, 3.05) is 17.7 Å². The maximum atomic E-state index is 10.6. The van der Waals surface area contributed by atoms with E-state index in [-0.39, 0.29) is 5.75 Å². The zero-order valence-electron chi connectivity index (χ0n) is 12.1. The molecule has 0 saturated carbocycles. The average molecular weight is 286 g/mol. The Morgan fingerprint density at radius 1 is 1.42 bits per heavy atom. The number of anilines is 1. The summed E-state index contributed by atoms with van der Waals surface area (Å²) in [6.07, 6.45) is 0. The van der Waals surface area contributed by atoms with Crippen molar-refractivity contribution < 1.29 is 9.90 Å². The Kier molecular flexibility index (Phi) is 5.65. The topological polar surface area (TPSA) is 71.2 Å². The van der Waals surface area contributed by atoms with Gasteiger partial charge in [-0.15, -0.1) is 10.2 Å². The van der Waals surface area contributed by atoms with Crippen LogP contribution >= 0.6 is 11.8 Å². The number of thioether (sulfide) groups is 1. The summed E-state index contributed by atoms with van der Waals surface area (Å²) in [6, 6.07) is 0.340. The van der Waals surface area contributed by atoms with Gasteiger partial charge in [-0.3, -0.25) is 9.36 Å². The van der Waals surface area contributed by atoms with E-state index in [1.807, 2.05) is 18.5 Å². The summed E-state index contributed by atoms with van der Waals surface area (Å²) in [5, 5.41) is 17.7. The van der Waals surface area contributed by atoms with E-state index in [0.717, 1.165) is 12.5 Å². The van der Waals surface area contributed by atoms with Gasteiger partial charge < -0.3 is 10.0 Å². The third kappa shape index (κ3) is 3.86. The second kappa shape index (κ2) is 6.79. The third-order valence-corrected chi connectivity index (χ3v) is 4.18. The minimum absolute atomic E-state index is 0.00157. The number of nitrogens with zero attached hydrogens (tertiary/aromatic N) is 4. The average Bonchev–Trinajstić information content (AvgIpc) is 2.76. The Morgan fingerprint density at radius 3 is 2.53 bits per heavy atom. The predicted molar refractivity (Wildman–Crippen MR) is 76.8 cm³/mol. The van der Waals surface area contributed by atoms with Crippen molar-refractivity contribution in [1.29, 1.82) is 0 Å². The summed E-state index contributed by atoms with van der Waals surface area (Å²) < 4.78 is 1.95. The Morgan fingerprint density at radius 2 is 2.05 bits per heavy atom. The van der Waals surface area contributed by atoms with E-state index >= 15 is 0 Å². The summed E-state index contributed by atoms with van der Waals surface area (Å²) in [5.74, 6) is 0.446. The van der Waals surface area contributed by atoms with Crippen LogP contribution in [0.3, 0.4) is 0 Å². The zero-order valence-corrected chi connectivity index (χ0v) is 12.9. The van der Waals surface area contributed by atoms with Crippen LogP contribution < -0.4 is 4.90 Å². The van der Waals surface area contributed by atoms with Gasteiger partial charge in [-0.2, -0.15) is 0 Å². The molecule has 0 aliphatic carbocycles. The van der Waals surface area contributed by atoms with E-state index < -0.39 is 5.97 Å². The molecule has 0 aliphatic heterocycles. The Labute approximate surface area is 118 Å². The smallest absolute Gasteiger partial charge is 0.313 e. The molecule has 0 spiro atoms. The lowest BCUT2D eigenvalue weighted by Gasteiger charge is -2.28. The number of hydrogen-bond donors (Lipinski definition) is 1. The predicted octanol–water partition coefficient (Wildman–Crippen LogP) is 1.96. The minimum Gasteiger partial charge on any atom is -0.481 e. The number of carbonyl (C=O) groups is 1. The van der Waals surface area contributed by atoms with Crippen molar-refractivity contribution in [3.63, 3.8) is 0 Å². The first-order chi connectivity index (χ1) is 8.88. The minimum atomic E-state index is -0.846. The molecule has 7 heteroatoms. The maximum Gasteiger partial charge on any atom is 0.313 e. The second-order valence-electron chi connectivity index (χ2n) is 4.80. The van der Waals surface area contributed by atoms with E-state index in [9.17, 15) is 4.79 Å². The van der Waals surface area contributed by atoms with E-state index in [0.29, 0.717) is 17.1 Å². The maximum absolute atomic E-state index is 10.6. The van der Waals surface area contributed by atoms with Crippen molar-refractivity contribution in [2.45, 2.75) is 45.4 Å². The van der Waals surface area contributed by atoms with Crippen LogP contribution in [0.5, 0.6) is 0 Å². The van der Waals surface area contributed by atoms with Crippen LogP contribution in [0.2, 0.25) is 0 Å². The molecule has 6 nitrogen and oxygen atoms in total. The molecule has 0 bridgehead atoms. The van der Waals surface area contributed by atoms with Gasteiger partial charge in [0.2, 0.25) is 5.95 Å². The quantitative estimate of drug-likeness (QED) is 0.773. The monoisotopic (exact) mass is 286 g/mol. The van der Waals surface area contributed by atoms with Gasteiger partial charge in [0, 0.05) is 19.6 Å². The first-order valence-corrected chi connectivity index (χ1v) is 7.37. The molecule has 0 aromatic carbocycles. The van der Waals surface area contributed by atoms with Gasteiger partial charge in [0.25, 0.3) is 0 Å². The molecular formula is C12H22N4O2S. The van der Waals surface area contributed by atoms with Crippen molar-refractivity contribution in [1.82, 2.24) is 14.8 Å². The van der Waals surface area contributed by atoms with E-state index in [1.54, 1.807) is 0 Å². The van der Waals surface area contributed by atoms with Crippen LogP contribution in [0.1, 0.15) is 27.7 Å². The van der Waals surface area contributed by atoms with Gasteiger partial charge in [-0.1, -0.05) is 25.6 Å². The molecule has 0 aliphatic rings. The number of aromatic nitrogens is 3. The van der Waals surface area contributed by atoms with E-state index in [4.69, 9.17) is 5.11 Å². The highest BCUT2D eigenvalue weighted by atomic mass is 32.2. The largest absolute Gasteiger partial charge is 0.481 e. The van der Waals surface area contributed by atoms with Gasteiger partial charge >= 0.3 is 5.97 Å². The first kappa shape index (κ1) is 15.8. The lowest BCUT2D eigenvalue weighted by atomic mass is 10.1. The second-order valence-corrected chi connectivity index (χ2v) is 5.75. The van der Waals surface area contributed by atoms with Gasteiger partial charge in [-0.05, 0) is 19.8 Å². The molecule has 1 heterocycles. The SMILES string of the molecule is CCn1c(SCC(=O)O)nnc1N(C)C(C)C(C)C. The number of rotatable bonds is 7. The Hall–Kier alpha value is -1.24. The standard InChI is InChI=1S/C12H22N4O2S/c1-6-16-11(15(5)9(4)8(2)3)13-14-12(16)19-7-10(17)18/h8-9H,6-7H2,1-5H3,(H,17,18). The van der Waals surface area contributed by atoms with Crippen molar-refractivity contribution in [3.05, 3.63) is 0 Å². The molecule has 1 aromatic rings. The van der Waals surface area contributed by atoms with Crippen molar-refractivity contribution >= 4 is 23.7 Å². The van der Waals surface area contributed by atoms with Gasteiger partial charge in [-0.25, -0.2) is 0 Å². The zero-order chi connectivity index (χ0) is 14.6. The first-order valence-electron chi connectivity index (χ1n) is 6.39. The molecule has 1 unspecified atom stereocenters. The number of carboxylic acid groups (broad SMARTS) is 1. The fourth-order valence-corrected chi connectivity index (χ4v) is 2.40. The fraction of sp³-hybridized carbons (Fsp3) is 0.750. The lowest BCUT2D eigenvalue weighted by molar-refractivity contribution is -0.133. The Bertz CT molecular complexity index is 433. The highest BCUT2D eigenvalue weighted by Gasteiger charge is 2.21. The van der Waals surface area contributed by atoms with Gasteiger partial charge in [0.15, 0.2) is 5.16 Å². The van der Waals surface area contributed by atoms with Crippen LogP contribution in [0.25, 0.3) is 0 Å². The molecule has 0 amide bonds. The van der Waals surface area contributed by atoms with Crippen LogP contribution in [0, 0.1) is 5.92 Å². The number of carboxylic acids is 1. The highest BCUT2D eigenvalue weighted by Crippen LogP contribution is 2.23. The molecule has 0 radical (unpaired) electrons. The number of aliphatic carboxylic acids is 1. The molecule has 1 rings (SSSR count). The summed E-state index contributed by atoms with van der Waals surface area (Å²) in [7, 11) is 1.99. The fourth-order valence-electron chi connectivity index (χ4n) is 1.68. The lowest BCUT2D eigenvalue weighted by Crippen LogP contribution is -2.35. The molecule has 1 N–H and O–H groups in total. The molecule has 0 fully saturated rings. The van der Waals surface area contributed by atoms with Crippen LogP contribution in [-0.2, 0) is 11.3 Å². The van der Waals surface area contributed by atoms with Crippen molar-refractivity contribution in [3.8, 4) is 0 Å². The summed E-state index contributed by atoms with van der Waals surface area (Å²) in [4.78, 5) is 12.7. The van der Waals surface area contributed by atoms with Crippen molar-refractivity contribution in [2.24, 2.45) is 5.92 Å².